The molecule has 0 aromatic heterocycles. The van der Waals surface area contributed by atoms with Gasteiger partial charge in [0.25, 0.3) is 5.91 Å². The molecule has 1 aliphatic rings. The number of fused-ring (bicyclic) bond motifs is 1. The minimum Gasteiger partial charge on any atom is -0.548 e. The minimum atomic E-state index is -1.27. The molecule has 6 heteroatoms. The Bertz CT molecular complexity index is 529. The number of ether oxygens (including phenoxy) is 2. The lowest BCUT2D eigenvalue weighted by molar-refractivity contribution is -0.308. The van der Waals surface area contributed by atoms with E-state index in [2.05, 4.69) is 5.32 Å². The van der Waals surface area contributed by atoms with E-state index in [0.717, 1.165) is 6.42 Å². The fraction of sp³-hybridized carbons (Fsp3) is 0.467. The van der Waals surface area contributed by atoms with Gasteiger partial charge in [0.1, 0.15) is 13.2 Å². The third-order valence-electron chi connectivity index (χ3n) is 3.24. The number of carbonyl (C=O) groups excluding carboxylic acids is 2. The molecule has 0 saturated heterocycles. The lowest BCUT2D eigenvalue weighted by Crippen LogP contribution is -2.47. The minimum absolute atomic E-state index is 0.335. The number of aliphatic carboxylic acids is 1. The Hall–Kier alpha value is -2.24. The smallest absolute Gasteiger partial charge is 0.251 e. The van der Waals surface area contributed by atoms with E-state index in [0.29, 0.717) is 43.1 Å². The maximum absolute atomic E-state index is 12.1. The van der Waals surface area contributed by atoms with E-state index in [-0.39, 0.29) is 0 Å². The van der Waals surface area contributed by atoms with Crippen LogP contribution >= 0.6 is 0 Å². The molecule has 1 amide bonds. The first kappa shape index (κ1) is 15.2. The Balaban J connectivity index is 2.06. The molecule has 0 fully saturated rings. The van der Waals surface area contributed by atoms with Crippen LogP contribution in [0.15, 0.2) is 18.2 Å². The number of rotatable bonds is 6. The molecular weight excluding hydrogens is 274 g/mol. The molecular formula is C15H18NO5-. The van der Waals surface area contributed by atoms with Crippen molar-refractivity contribution >= 4 is 11.9 Å². The molecule has 1 aromatic rings. The second-order valence-electron chi connectivity index (χ2n) is 4.85. The zero-order valence-electron chi connectivity index (χ0n) is 11.9. The van der Waals surface area contributed by atoms with E-state index in [1.165, 1.54) is 0 Å². The van der Waals surface area contributed by atoms with Gasteiger partial charge in [-0.05, 0) is 24.6 Å². The molecule has 0 radical (unpaired) electrons. The average molecular weight is 292 g/mol. The van der Waals surface area contributed by atoms with Crippen molar-refractivity contribution in [2.75, 3.05) is 13.2 Å². The van der Waals surface area contributed by atoms with Crippen molar-refractivity contribution in [3.05, 3.63) is 23.8 Å². The Morgan fingerprint density at radius 1 is 1.29 bits per heavy atom. The van der Waals surface area contributed by atoms with Crippen LogP contribution in [0.4, 0.5) is 0 Å². The molecule has 1 heterocycles. The number of unbranched alkanes of at least 4 members (excludes halogenated alkanes) is 1. The van der Waals surface area contributed by atoms with Gasteiger partial charge in [-0.15, -0.1) is 0 Å². The first-order valence-electron chi connectivity index (χ1n) is 7.03. The summed E-state index contributed by atoms with van der Waals surface area (Å²) in [7, 11) is 0. The van der Waals surface area contributed by atoms with Crippen LogP contribution in [0, 0.1) is 0 Å². The summed E-state index contributed by atoms with van der Waals surface area (Å²) >= 11 is 0. The van der Waals surface area contributed by atoms with Crippen LogP contribution in [0.1, 0.15) is 36.5 Å². The third kappa shape index (κ3) is 3.87. The molecule has 0 spiro atoms. The van der Waals surface area contributed by atoms with Crippen molar-refractivity contribution in [1.29, 1.82) is 0 Å². The fourth-order valence-corrected chi connectivity index (χ4v) is 2.08. The Morgan fingerprint density at radius 2 is 2.00 bits per heavy atom. The molecule has 0 unspecified atom stereocenters. The van der Waals surface area contributed by atoms with Crippen LogP contribution < -0.4 is 19.9 Å². The summed E-state index contributed by atoms with van der Waals surface area (Å²) in [4.78, 5) is 23.1. The summed E-state index contributed by atoms with van der Waals surface area (Å²) in [5, 5.41) is 13.5. The highest BCUT2D eigenvalue weighted by atomic mass is 16.6. The monoisotopic (exact) mass is 292 g/mol. The molecule has 1 aliphatic heterocycles. The predicted molar refractivity (Wildman–Crippen MR) is 73.2 cm³/mol. The van der Waals surface area contributed by atoms with Gasteiger partial charge in [-0.25, -0.2) is 0 Å². The zero-order chi connectivity index (χ0) is 15.2. The first-order valence-corrected chi connectivity index (χ1v) is 7.03. The second kappa shape index (κ2) is 6.97. The van der Waals surface area contributed by atoms with Gasteiger partial charge in [-0.3, -0.25) is 4.79 Å². The van der Waals surface area contributed by atoms with Gasteiger partial charge in [-0.1, -0.05) is 19.8 Å². The molecule has 2 rings (SSSR count). The van der Waals surface area contributed by atoms with Crippen LogP contribution in [0.3, 0.4) is 0 Å². The molecule has 1 aromatic carbocycles. The summed E-state index contributed by atoms with van der Waals surface area (Å²) in [5.41, 5.74) is 0.335. The van der Waals surface area contributed by atoms with E-state index < -0.39 is 17.9 Å². The molecule has 0 bridgehead atoms. The lowest BCUT2D eigenvalue weighted by Gasteiger charge is -2.21. The lowest BCUT2D eigenvalue weighted by atomic mass is 10.1. The predicted octanol–water partition coefficient (Wildman–Crippen LogP) is 0.496. The van der Waals surface area contributed by atoms with Gasteiger partial charge >= 0.3 is 0 Å². The van der Waals surface area contributed by atoms with Gasteiger partial charge in [0.05, 0.1) is 12.0 Å². The third-order valence-corrected chi connectivity index (χ3v) is 3.24. The van der Waals surface area contributed by atoms with Crippen LogP contribution in [0.5, 0.6) is 11.5 Å². The average Bonchev–Trinajstić information content (AvgIpc) is 2.50. The number of hydrogen-bond donors (Lipinski definition) is 1. The number of benzene rings is 1. The summed E-state index contributed by atoms with van der Waals surface area (Å²) in [6.45, 7) is 2.85. The zero-order valence-corrected chi connectivity index (χ0v) is 11.9. The normalized spacial score (nSPS) is 14.3. The molecule has 0 aliphatic carbocycles. The van der Waals surface area contributed by atoms with Crippen molar-refractivity contribution in [3.63, 3.8) is 0 Å². The van der Waals surface area contributed by atoms with Crippen molar-refractivity contribution in [2.45, 2.75) is 32.2 Å². The van der Waals surface area contributed by atoms with Crippen molar-refractivity contribution < 1.29 is 24.2 Å². The standard InChI is InChI=1S/C15H19NO5/c1-2-3-4-11(15(18)19)16-14(17)10-5-6-12-13(9-10)21-8-7-20-12/h5-6,9,11H,2-4,7-8H2,1H3,(H,16,17)(H,18,19)/p-1/t11-/m0/s1. The van der Waals surface area contributed by atoms with Gasteiger partial charge in [0, 0.05) is 5.56 Å². The van der Waals surface area contributed by atoms with E-state index in [1.54, 1.807) is 18.2 Å². The number of nitrogens with one attached hydrogen (secondary N) is 1. The van der Waals surface area contributed by atoms with Gasteiger partial charge in [0.2, 0.25) is 0 Å². The Morgan fingerprint density at radius 3 is 2.67 bits per heavy atom. The molecule has 21 heavy (non-hydrogen) atoms. The fourth-order valence-electron chi connectivity index (χ4n) is 2.08. The Labute approximate surface area is 123 Å². The van der Waals surface area contributed by atoms with Crippen LogP contribution in [-0.4, -0.2) is 31.1 Å². The highest BCUT2D eigenvalue weighted by Gasteiger charge is 2.18. The number of carboxylic acids is 1. The Kier molecular flexibility index (Phi) is 5.03. The highest BCUT2D eigenvalue weighted by Crippen LogP contribution is 2.30. The summed E-state index contributed by atoms with van der Waals surface area (Å²) in [6.07, 6.45) is 1.92. The van der Waals surface area contributed by atoms with Crippen LogP contribution in [0.2, 0.25) is 0 Å². The van der Waals surface area contributed by atoms with Crippen LogP contribution in [0.25, 0.3) is 0 Å². The molecule has 114 valence electrons. The largest absolute Gasteiger partial charge is 0.548 e. The second-order valence-corrected chi connectivity index (χ2v) is 4.85. The van der Waals surface area contributed by atoms with E-state index in [4.69, 9.17) is 9.47 Å². The maximum atomic E-state index is 12.1. The number of amides is 1. The van der Waals surface area contributed by atoms with Gasteiger partial charge < -0.3 is 24.7 Å². The SMILES string of the molecule is CCCC[C@H](NC(=O)c1ccc2c(c1)OCCO2)C(=O)[O-]. The summed E-state index contributed by atoms with van der Waals surface area (Å²) in [5.74, 6) is -0.653. The maximum Gasteiger partial charge on any atom is 0.251 e. The number of hydrogen-bond acceptors (Lipinski definition) is 5. The van der Waals surface area contributed by atoms with E-state index in [1.807, 2.05) is 6.92 Å². The molecule has 0 saturated carbocycles. The topological polar surface area (TPSA) is 87.7 Å². The highest BCUT2D eigenvalue weighted by molar-refractivity contribution is 5.97. The molecule has 6 nitrogen and oxygen atoms in total. The van der Waals surface area contributed by atoms with E-state index in [9.17, 15) is 14.7 Å². The first-order chi connectivity index (χ1) is 10.1. The van der Waals surface area contributed by atoms with Gasteiger partial charge in [0.15, 0.2) is 11.5 Å². The van der Waals surface area contributed by atoms with Gasteiger partial charge in [-0.2, -0.15) is 0 Å². The summed E-state index contributed by atoms with van der Waals surface area (Å²) < 4.78 is 10.8. The van der Waals surface area contributed by atoms with Crippen molar-refractivity contribution in [2.24, 2.45) is 0 Å². The number of carboxylic acid groups (broad SMARTS) is 1. The quantitative estimate of drug-likeness (QED) is 0.824. The van der Waals surface area contributed by atoms with Crippen LogP contribution in [-0.2, 0) is 4.79 Å². The number of carbonyl (C=O) groups is 2. The summed E-state index contributed by atoms with van der Waals surface area (Å²) in [6, 6.07) is 3.79. The molecule has 1 atom stereocenters. The van der Waals surface area contributed by atoms with Crippen molar-refractivity contribution in [1.82, 2.24) is 5.32 Å². The van der Waals surface area contributed by atoms with Crippen molar-refractivity contribution in [3.8, 4) is 11.5 Å². The molecule has 1 N–H and O–H groups in total. The van der Waals surface area contributed by atoms with E-state index >= 15 is 0 Å².